The Balaban J connectivity index is 1.79. The Bertz CT molecular complexity index is 722. The van der Waals surface area contributed by atoms with Gasteiger partial charge >= 0.3 is 0 Å². The molecule has 1 aliphatic rings. The molecule has 2 aromatic rings. The van der Waals surface area contributed by atoms with Crippen LogP contribution in [0.15, 0.2) is 30.6 Å². The number of rotatable bonds is 5. The Morgan fingerprint density at radius 2 is 2.17 bits per heavy atom. The third-order valence-electron chi connectivity index (χ3n) is 4.93. The minimum Gasteiger partial charge on any atom is -0.326 e. The summed E-state index contributed by atoms with van der Waals surface area (Å²) in [6, 6.07) is 6.38. The number of hydrogen-bond acceptors (Lipinski definition) is 3. The van der Waals surface area contributed by atoms with Crippen LogP contribution in [0.25, 0.3) is 0 Å². The van der Waals surface area contributed by atoms with E-state index < -0.39 is 0 Å². The maximum atomic E-state index is 12.9. The van der Waals surface area contributed by atoms with E-state index in [0.717, 1.165) is 30.6 Å². The van der Waals surface area contributed by atoms with E-state index in [1.165, 1.54) is 11.1 Å². The lowest BCUT2D eigenvalue weighted by atomic mass is 9.90. The molecule has 1 aliphatic heterocycles. The van der Waals surface area contributed by atoms with Gasteiger partial charge in [-0.3, -0.25) is 9.48 Å². The van der Waals surface area contributed by atoms with Crippen molar-refractivity contribution < 1.29 is 4.79 Å². The first-order chi connectivity index (χ1) is 11.6. The molecule has 2 N–H and O–H groups in total. The molecule has 1 aromatic heterocycles. The lowest BCUT2D eigenvalue weighted by Crippen LogP contribution is -2.28. The van der Waals surface area contributed by atoms with Crippen molar-refractivity contribution in [1.82, 2.24) is 15.1 Å². The Morgan fingerprint density at radius 1 is 1.33 bits per heavy atom. The molecule has 5 heteroatoms. The number of amides is 1. The molecule has 0 aliphatic carbocycles. The van der Waals surface area contributed by atoms with Gasteiger partial charge in [0.15, 0.2) is 0 Å². The van der Waals surface area contributed by atoms with Crippen LogP contribution in [0.2, 0.25) is 0 Å². The Morgan fingerprint density at radius 3 is 2.83 bits per heavy atom. The number of nitrogens with zero attached hydrogens (tertiary/aromatic N) is 2. The number of anilines is 1. The average Bonchev–Trinajstić information content (AvgIpc) is 3.23. The zero-order valence-electron chi connectivity index (χ0n) is 14.7. The third-order valence-corrected chi connectivity index (χ3v) is 4.93. The molecule has 1 aromatic carbocycles. The quantitative estimate of drug-likeness (QED) is 0.887. The van der Waals surface area contributed by atoms with Gasteiger partial charge in [0, 0.05) is 37.9 Å². The van der Waals surface area contributed by atoms with Crippen LogP contribution in [0, 0.1) is 5.92 Å². The summed E-state index contributed by atoms with van der Waals surface area (Å²) >= 11 is 0. The van der Waals surface area contributed by atoms with Crippen LogP contribution in [0.5, 0.6) is 0 Å². The molecule has 0 spiro atoms. The van der Waals surface area contributed by atoms with Gasteiger partial charge in [0.2, 0.25) is 5.91 Å². The molecule has 1 saturated heterocycles. The summed E-state index contributed by atoms with van der Waals surface area (Å²) in [6.45, 7) is 5.78. The fraction of sp³-hybridized carbons (Fsp3) is 0.474. The molecule has 2 atom stereocenters. The van der Waals surface area contributed by atoms with Crippen molar-refractivity contribution in [2.24, 2.45) is 13.0 Å². The molecule has 5 nitrogen and oxygen atoms in total. The van der Waals surface area contributed by atoms with Gasteiger partial charge in [0.25, 0.3) is 0 Å². The maximum absolute atomic E-state index is 12.9. The molecule has 0 bridgehead atoms. The minimum absolute atomic E-state index is 0.0656. The van der Waals surface area contributed by atoms with Crippen LogP contribution >= 0.6 is 0 Å². The molecule has 0 radical (unpaired) electrons. The molecule has 24 heavy (non-hydrogen) atoms. The highest BCUT2D eigenvalue weighted by Gasteiger charge is 2.34. The molecule has 2 heterocycles. The van der Waals surface area contributed by atoms with E-state index in [1.54, 1.807) is 4.68 Å². The second-order valence-electron chi connectivity index (χ2n) is 6.51. The monoisotopic (exact) mass is 326 g/mol. The van der Waals surface area contributed by atoms with E-state index in [-0.39, 0.29) is 17.7 Å². The topological polar surface area (TPSA) is 59.0 Å². The molecule has 3 rings (SSSR count). The minimum atomic E-state index is -0.0656. The number of nitrogens with one attached hydrogen (secondary N) is 2. The summed E-state index contributed by atoms with van der Waals surface area (Å²) < 4.78 is 1.79. The number of carbonyl (C=O) groups excluding carboxylic acids is 1. The van der Waals surface area contributed by atoms with E-state index in [0.29, 0.717) is 6.54 Å². The van der Waals surface area contributed by atoms with Crippen LogP contribution < -0.4 is 10.6 Å². The van der Waals surface area contributed by atoms with Crippen molar-refractivity contribution in [3.8, 4) is 0 Å². The number of benzene rings is 1. The van der Waals surface area contributed by atoms with Crippen LogP contribution in [-0.4, -0.2) is 28.8 Å². The number of aryl methyl sites for hydroxylation is 3. The standard InChI is InChI=1S/C19H26N4O/c1-4-13-6-7-14(5-2)18(8-13)22-19(24)17-11-20-10-16(17)15-9-21-23(3)12-15/h6-9,12,16-17,20H,4-5,10-11H2,1-3H3,(H,22,24)/t16-,17+/m1/s1. The van der Waals surface area contributed by atoms with Gasteiger partial charge < -0.3 is 10.6 Å². The molecule has 0 saturated carbocycles. The van der Waals surface area contributed by atoms with Gasteiger partial charge in [0.1, 0.15) is 0 Å². The van der Waals surface area contributed by atoms with Gasteiger partial charge in [-0.15, -0.1) is 0 Å². The van der Waals surface area contributed by atoms with Crippen LogP contribution in [0.3, 0.4) is 0 Å². The molecule has 1 amide bonds. The Labute approximate surface area is 143 Å². The first-order valence-corrected chi connectivity index (χ1v) is 8.74. The fourth-order valence-electron chi connectivity index (χ4n) is 3.43. The maximum Gasteiger partial charge on any atom is 0.229 e. The van der Waals surface area contributed by atoms with Crippen LogP contribution in [-0.2, 0) is 24.7 Å². The first-order valence-electron chi connectivity index (χ1n) is 8.74. The number of carbonyl (C=O) groups is 1. The summed E-state index contributed by atoms with van der Waals surface area (Å²) in [5, 5.41) is 10.8. The highest BCUT2D eigenvalue weighted by atomic mass is 16.2. The van der Waals surface area contributed by atoms with E-state index >= 15 is 0 Å². The molecule has 128 valence electrons. The van der Waals surface area contributed by atoms with Crippen molar-refractivity contribution in [1.29, 1.82) is 0 Å². The summed E-state index contributed by atoms with van der Waals surface area (Å²) in [5.41, 5.74) is 4.51. The second-order valence-corrected chi connectivity index (χ2v) is 6.51. The lowest BCUT2D eigenvalue weighted by molar-refractivity contribution is -0.119. The zero-order chi connectivity index (χ0) is 17.1. The molecule has 1 fully saturated rings. The van der Waals surface area contributed by atoms with Gasteiger partial charge in [0.05, 0.1) is 12.1 Å². The van der Waals surface area contributed by atoms with Crippen LogP contribution in [0.4, 0.5) is 5.69 Å². The van der Waals surface area contributed by atoms with Crippen LogP contribution in [0.1, 0.15) is 36.5 Å². The average molecular weight is 326 g/mol. The molecular weight excluding hydrogens is 300 g/mol. The third kappa shape index (κ3) is 3.36. The zero-order valence-corrected chi connectivity index (χ0v) is 14.7. The second kappa shape index (κ2) is 7.18. The summed E-state index contributed by atoms with van der Waals surface area (Å²) in [6.07, 6.45) is 5.75. The molecule has 0 unspecified atom stereocenters. The largest absolute Gasteiger partial charge is 0.326 e. The summed E-state index contributed by atoms with van der Waals surface area (Å²) in [4.78, 5) is 12.9. The molecular formula is C19H26N4O. The van der Waals surface area contributed by atoms with Crippen molar-refractivity contribution in [3.05, 3.63) is 47.3 Å². The SMILES string of the molecule is CCc1ccc(CC)c(NC(=O)[C@H]2CNC[C@@H]2c2cnn(C)c2)c1. The number of aromatic nitrogens is 2. The van der Waals surface area contributed by atoms with E-state index in [9.17, 15) is 4.79 Å². The Kier molecular flexibility index (Phi) is 5.00. The highest BCUT2D eigenvalue weighted by molar-refractivity contribution is 5.94. The summed E-state index contributed by atoms with van der Waals surface area (Å²) in [5.74, 6) is 0.208. The van der Waals surface area contributed by atoms with E-state index in [4.69, 9.17) is 0 Å². The van der Waals surface area contributed by atoms with Crippen molar-refractivity contribution in [2.45, 2.75) is 32.6 Å². The lowest BCUT2D eigenvalue weighted by Gasteiger charge is -2.19. The van der Waals surface area contributed by atoms with Crippen molar-refractivity contribution >= 4 is 11.6 Å². The predicted octanol–water partition coefficient (Wildman–Crippen LogP) is 2.49. The van der Waals surface area contributed by atoms with Gasteiger partial charge in [-0.05, 0) is 35.6 Å². The van der Waals surface area contributed by atoms with Crippen molar-refractivity contribution in [2.75, 3.05) is 18.4 Å². The number of hydrogen-bond donors (Lipinski definition) is 2. The van der Waals surface area contributed by atoms with E-state index in [1.807, 2.05) is 19.4 Å². The predicted molar refractivity (Wildman–Crippen MR) is 96.1 cm³/mol. The fourth-order valence-corrected chi connectivity index (χ4v) is 3.43. The van der Waals surface area contributed by atoms with Gasteiger partial charge in [-0.25, -0.2) is 0 Å². The first kappa shape index (κ1) is 16.7. The highest BCUT2D eigenvalue weighted by Crippen LogP contribution is 2.29. The smallest absolute Gasteiger partial charge is 0.229 e. The van der Waals surface area contributed by atoms with Crippen molar-refractivity contribution in [3.63, 3.8) is 0 Å². The van der Waals surface area contributed by atoms with Gasteiger partial charge in [-0.2, -0.15) is 5.10 Å². The normalized spacial score (nSPS) is 20.3. The summed E-state index contributed by atoms with van der Waals surface area (Å²) in [7, 11) is 1.91. The van der Waals surface area contributed by atoms with E-state index in [2.05, 4.69) is 47.8 Å². The Hall–Kier alpha value is -2.14. The van der Waals surface area contributed by atoms with Gasteiger partial charge in [-0.1, -0.05) is 26.0 Å².